The van der Waals surface area contributed by atoms with Crippen molar-refractivity contribution in [3.63, 3.8) is 0 Å². The summed E-state index contributed by atoms with van der Waals surface area (Å²) in [7, 11) is 0. The molecule has 0 aliphatic heterocycles. The topological polar surface area (TPSA) is 78.6 Å². The fourth-order valence-electron chi connectivity index (χ4n) is 0.825. The highest BCUT2D eigenvalue weighted by atomic mass is 35.5. The van der Waals surface area contributed by atoms with Gasteiger partial charge in [0.25, 0.3) is 0 Å². The van der Waals surface area contributed by atoms with Crippen molar-refractivity contribution in [3.8, 4) is 0 Å². The highest BCUT2D eigenvalue weighted by Gasteiger charge is 2.19. The quantitative estimate of drug-likeness (QED) is 0.591. The monoisotopic (exact) mass is 277 g/mol. The Hall–Kier alpha value is -1.23. The van der Waals surface area contributed by atoms with Gasteiger partial charge in [0.1, 0.15) is 5.70 Å². The summed E-state index contributed by atoms with van der Waals surface area (Å²) in [6, 6.07) is 0. The minimum absolute atomic E-state index is 0.174. The Balaban J connectivity index is 4.49. The number of rotatable bonds is 6. The number of hydrogen-bond acceptors (Lipinski definition) is 5. The number of hydrogen-bond donors (Lipinski definition) is 1. The molecule has 0 aliphatic carbocycles. The van der Waals surface area contributed by atoms with Crippen LogP contribution in [0.5, 0.6) is 0 Å². The van der Waals surface area contributed by atoms with E-state index in [-0.39, 0.29) is 25.0 Å². The highest BCUT2D eigenvalue weighted by Crippen LogP contribution is 2.10. The molecule has 0 fully saturated rings. The maximum absolute atomic E-state index is 11.4. The Morgan fingerprint density at radius 2 is 1.39 bits per heavy atom. The summed E-state index contributed by atoms with van der Waals surface area (Å²) in [5.41, 5.74) is 5.00. The van der Waals surface area contributed by atoms with E-state index in [1.54, 1.807) is 0 Å². The molecule has 6 heteroatoms. The minimum Gasteiger partial charge on any atom is -0.461 e. The largest absolute Gasteiger partial charge is 0.461 e. The normalized spacial score (nSPS) is 12.4. The first-order valence-electron chi connectivity index (χ1n) is 5.75. The third-order valence-corrected chi connectivity index (χ3v) is 2.09. The lowest BCUT2D eigenvalue weighted by atomic mass is 10.2. The zero-order valence-electron chi connectivity index (χ0n) is 11.2. The van der Waals surface area contributed by atoms with Gasteiger partial charge in [-0.15, -0.1) is 0 Å². The lowest BCUT2D eigenvalue weighted by Gasteiger charge is -2.09. The first kappa shape index (κ1) is 16.8. The molecule has 0 aromatic rings. The van der Waals surface area contributed by atoms with Crippen molar-refractivity contribution in [2.24, 2.45) is 17.6 Å². The van der Waals surface area contributed by atoms with Crippen molar-refractivity contribution in [2.45, 2.75) is 27.7 Å². The first-order valence-corrected chi connectivity index (χ1v) is 6.13. The lowest BCUT2D eigenvalue weighted by Crippen LogP contribution is -2.22. The molecule has 0 aliphatic rings. The molecule has 0 bridgehead atoms. The number of ether oxygens (including phenoxy) is 2. The molecule has 0 unspecified atom stereocenters. The Morgan fingerprint density at radius 1 is 1.00 bits per heavy atom. The van der Waals surface area contributed by atoms with Crippen LogP contribution in [0, 0.1) is 11.8 Å². The van der Waals surface area contributed by atoms with E-state index in [2.05, 4.69) is 0 Å². The molecule has 0 aromatic carbocycles. The van der Waals surface area contributed by atoms with Crippen molar-refractivity contribution in [1.82, 2.24) is 0 Å². The van der Waals surface area contributed by atoms with Gasteiger partial charge in [0, 0.05) is 0 Å². The Morgan fingerprint density at radius 3 is 1.78 bits per heavy atom. The average molecular weight is 278 g/mol. The van der Waals surface area contributed by atoms with E-state index >= 15 is 0 Å². The summed E-state index contributed by atoms with van der Waals surface area (Å²) in [5.74, 6) is -1.28. The minimum atomic E-state index is -0.815. The van der Waals surface area contributed by atoms with E-state index in [9.17, 15) is 9.59 Å². The Labute approximate surface area is 112 Å². The van der Waals surface area contributed by atoms with Gasteiger partial charge in [-0.2, -0.15) is 0 Å². The van der Waals surface area contributed by atoms with Gasteiger partial charge < -0.3 is 15.2 Å². The van der Waals surface area contributed by atoms with E-state index in [0.717, 1.165) is 0 Å². The van der Waals surface area contributed by atoms with Crippen LogP contribution in [0.4, 0.5) is 0 Å². The first-order chi connectivity index (χ1) is 8.25. The van der Waals surface area contributed by atoms with Crippen molar-refractivity contribution >= 4 is 23.5 Å². The van der Waals surface area contributed by atoms with Crippen molar-refractivity contribution in [2.75, 3.05) is 13.2 Å². The summed E-state index contributed by atoms with van der Waals surface area (Å²) in [6.45, 7) is 7.95. The van der Waals surface area contributed by atoms with E-state index in [0.29, 0.717) is 0 Å². The molecule has 0 heterocycles. The van der Waals surface area contributed by atoms with Crippen LogP contribution in [-0.4, -0.2) is 25.2 Å². The van der Waals surface area contributed by atoms with Gasteiger partial charge in [-0.1, -0.05) is 39.3 Å². The van der Waals surface area contributed by atoms with E-state index in [4.69, 9.17) is 26.8 Å². The standard InChI is InChI=1S/C12H20ClNO4/c1-7(2)5-17-11(15)9(13)10(14)12(16)18-6-8(3)4/h7-8H,5-6,14H2,1-4H3/b10-9-. The lowest BCUT2D eigenvalue weighted by molar-refractivity contribution is -0.142. The molecule has 0 amide bonds. The highest BCUT2D eigenvalue weighted by molar-refractivity contribution is 6.43. The summed E-state index contributed by atoms with van der Waals surface area (Å²) in [4.78, 5) is 22.9. The summed E-state index contributed by atoms with van der Waals surface area (Å²) in [6.07, 6.45) is 0. The maximum atomic E-state index is 11.4. The number of carbonyl (C=O) groups is 2. The van der Waals surface area contributed by atoms with Crippen molar-refractivity contribution in [1.29, 1.82) is 0 Å². The molecular weight excluding hydrogens is 258 g/mol. The van der Waals surface area contributed by atoms with Gasteiger partial charge in [0.2, 0.25) is 0 Å². The predicted octanol–water partition coefficient (Wildman–Crippen LogP) is 1.79. The van der Waals surface area contributed by atoms with Crippen LogP contribution in [0.15, 0.2) is 10.7 Å². The molecule has 0 aromatic heterocycles. The van der Waals surface area contributed by atoms with Gasteiger partial charge in [-0.05, 0) is 11.8 Å². The summed E-state index contributed by atoms with van der Waals surface area (Å²) >= 11 is 5.65. The van der Waals surface area contributed by atoms with Crippen LogP contribution >= 0.6 is 11.6 Å². The number of nitrogens with two attached hydrogens (primary N) is 1. The molecule has 18 heavy (non-hydrogen) atoms. The molecule has 0 saturated carbocycles. The van der Waals surface area contributed by atoms with Crippen LogP contribution in [0.2, 0.25) is 0 Å². The van der Waals surface area contributed by atoms with Gasteiger partial charge in [0.05, 0.1) is 13.2 Å². The van der Waals surface area contributed by atoms with Gasteiger partial charge in [-0.25, -0.2) is 9.59 Å². The SMILES string of the molecule is CC(C)COC(=O)/C(N)=C(/Cl)C(=O)OCC(C)C. The third kappa shape index (κ3) is 6.49. The number of esters is 2. The molecule has 0 atom stereocenters. The maximum Gasteiger partial charge on any atom is 0.356 e. The second-order valence-electron chi connectivity index (χ2n) is 4.71. The second kappa shape index (κ2) is 7.97. The third-order valence-electron chi connectivity index (χ3n) is 1.73. The van der Waals surface area contributed by atoms with Crippen molar-refractivity contribution in [3.05, 3.63) is 10.7 Å². The smallest absolute Gasteiger partial charge is 0.356 e. The van der Waals surface area contributed by atoms with Crippen LogP contribution in [-0.2, 0) is 19.1 Å². The molecule has 5 nitrogen and oxygen atoms in total. The van der Waals surface area contributed by atoms with Gasteiger partial charge in [-0.3, -0.25) is 0 Å². The zero-order valence-corrected chi connectivity index (χ0v) is 11.9. The Kier molecular flexibility index (Phi) is 7.43. The summed E-state index contributed by atoms with van der Waals surface area (Å²) < 4.78 is 9.69. The van der Waals surface area contributed by atoms with E-state index in [1.165, 1.54) is 0 Å². The Bertz CT molecular complexity index is 305. The van der Waals surface area contributed by atoms with Gasteiger partial charge >= 0.3 is 11.9 Å². The molecule has 2 N–H and O–H groups in total. The second-order valence-corrected chi connectivity index (χ2v) is 5.09. The van der Waals surface area contributed by atoms with Crippen molar-refractivity contribution < 1.29 is 19.1 Å². The molecule has 104 valence electrons. The molecule has 0 spiro atoms. The predicted molar refractivity (Wildman–Crippen MR) is 68.7 cm³/mol. The van der Waals surface area contributed by atoms with Gasteiger partial charge in [0.15, 0.2) is 5.03 Å². The zero-order chi connectivity index (χ0) is 14.3. The van der Waals surface area contributed by atoms with E-state index < -0.39 is 22.7 Å². The van der Waals surface area contributed by atoms with Crippen LogP contribution in [0.3, 0.4) is 0 Å². The number of halogens is 1. The number of carbonyl (C=O) groups excluding carboxylic acids is 2. The average Bonchev–Trinajstić information content (AvgIpc) is 2.30. The van der Waals surface area contributed by atoms with E-state index in [1.807, 2.05) is 27.7 Å². The molecular formula is C12H20ClNO4. The fourth-order valence-corrected chi connectivity index (χ4v) is 0.957. The van der Waals surface area contributed by atoms with Crippen LogP contribution < -0.4 is 5.73 Å². The fraction of sp³-hybridized carbons (Fsp3) is 0.667. The molecule has 0 rings (SSSR count). The summed E-state index contributed by atoms with van der Waals surface area (Å²) in [5, 5.41) is -0.440. The van der Waals surface area contributed by atoms with Crippen LogP contribution in [0.1, 0.15) is 27.7 Å². The molecule has 0 radical (unpaired) electrons. The van der Waals surface area contributed by atoms with Crippen LogP contribution in [0.25, 0.3) is 0 Å². The molecule has 0 saturated heterocycles.